The lowest BCUT2D eigenvalue weighted by Gasteiger charge is -2.14. The molecule has 144 valence electrons. The van der Waals surface area contributed by atoms with E-state index in [2.05, 4.69) is 10.3 Å². The highest BCUT2D eigenvalue weighted by Gasteiger charge is 2.23. The number of ether oxygens (including phenoxy) is 1. The maximum absolute atomic E-state index is 13.1. The Bertz CT molecular complexity index is 1010. The minimum Gasteiger partial charge on any atom is -0.448 e. The van der Waals surface area contributed by atoms with Gasteiger partial charge in [-0.2, -0.15) is 0 Å². The van der Waals surface area contributed by atoms with E-state index in [0.717, 1.165) is 16.9 Å². The van der Waals surface area contributed by atoms with Gasteiger partial charge in [-0.15, -0.1) is 11.3 Å². The van der Waals surface area contributed by atoms with Gasteiger partial charge in [0.2, 0.25) is 0 Å². The number of amides is 1. The molecule has 0 aliphatic rings. The van der Waals surface area contributed by atoms with Crippen LogP contribution in [0.15, 0.2) is 48.5 Å². The molecule has 0 saturated carbocycles. The number of thiazole rings is 1. The quantitative estimate of drug-likeness (QED) is 0.630. The second-order valence-electron chi connectivity index (χ2n) is 6.29. The highest BCUT2D eigenvalue weighted by molar-refractivity contribution is 7.17. The lowest BCUT2D eigenvalue weighted by atomic mass is 10.2. The standard InChI is InChI=1S/C21H19FN2O3S/c1-12-6-4-5-7-17(12)24-19(25)14(3)27-21(26)18-13(2)23-20(28-18)15-8-10-16(22)11-9-15/h4-11,14H,1-3H3,(H,24,25). The molecule has 0 aliphatic carbocycles. The molecule has 1 unspecified atom stereocenters. The Labute approximate surface area is 166 Å². The molecule has 0 radical (unpaired) electrons. The van der Waals surface area contributed by atoms with Crippen LogP contribution in [0.25, 0.3) is 10.6 Å². The van der Waals surface area contributed by atoms with Crippen LogP contribution < -0.4 is 5.32 Å². The first-order chi connectivity index (χ1) is 13.3. The van der Waals surface area contributed by atoms with Crippen LogP contribution in [-0.2, 0) is 9.53 Å². The summed E-state index contributed by atoms with van der Waals surface area (Å²) in [6.07, 6.45) is -0.970. The lowest BCUT2D eigenvalue weighted by molar-refractivity contribution is -0.123. The summed E-state index contributed by atoms with van der Waals surface area (Å²) in [5, 5.41) is 3.34. The molecule has 1 heterocycles. The Kier molecular flexibility index (Phi) is 5.84. The monoisotopic (exact) mass is 398 g/mol. The van der Waals surface area contributed by atoms with E-state index in [1.807, 2.05) is 25.1 Å². The first-order valence-electron chi connectivity index (χ1n) is 8.66. The number of aromatic nitrogens is 1. The zero-order valence-electron chi connectivity index (χ0n) is 15.7. The van der Waals surface area contributed by atoms with Crippen molar-refractivity contribution in [2.45, 2.75) is 26.9 Å². The second-order valence-corrected chi connectivity index (χ2v) is 7.29. The number of benzene rings is 2. The number of anilines is 1. The minimum absolute atomic E-state index is 0.315. The highest BCUT2D eigenvalue weighted by atomic mass is 32.1. The van der Waals surface area contributed by atoms with E-state index in [1.54, 1.807) is 25.1 Å². The van der Waals surface area contributed by atoms with Crippen LogP contribution >= 0.6 is 11.3 Å². The van der Waals surface area contributed by atoms with Crippen LogP contribution in [-0.4, -0.2) is 23.0 Å². The van der Waals surface area contributed by atoms with Crippen molar-refractivity contribution in [1.82, 2.24) is 4.98 Å². The van der Waals surface area contributed by atoms with Gasteiger partial charge in [0, 0.05) is 11.3 Å². The number of nitrogens with zero attached hydrogens (tertiary/aromatic N) is 1. The molecular formula is C21H19FN2O3S. The number of carbonyl (C=O) groups excluding carboxylic acids is 2. The van der Waals surface area contributed by atoms with Crippen molar-refractivity contribution >= 4 is 28.9 Å². The number of esters is 1. The van der Waals surface area contributed by atoms with Crippen LogP contribution in [0, 0.1) is 19.7 Å². The molecule has 5 nitrogen and oxygen atoms in total. The van der Waals surface area contributed by atoms with E-state index in [9.17, 15) is 14.0 Å². The van der Waals surface area contributed by atoms with E-state index >= 15 is 0 Å². The molecule has 0 fully saturated rings. The van der Waals surface area contributed by atoms with Gasteiger partial charge in [-0.05, 0) is 56.7 Å². The number of hydrogen-bond acceptors (Lipinski definition) is 5. The number of hydrogen-bond donors (Lipinski definition) is 1. The lowest BCUT2D eigenvalue weighted by Crippen LogP contribution is -2.30. The van der Waals surface area contributed by atoms with Crippen molar-refractivity contribution < 1.29 is 18.7 Å². The van der Waals surface area contributed by atoms with Gasteiger partial charge < -0.3 is 10.1 Å². The summed E-state index contributed by atoms with van der Waals surface area (Å²) in [5.41, 5.74) is 2.79. The van der Waals surface area contributed by atoms with Gasteiger partial charge in [0.1, 0.15) is 15.7 Å². The summed E-state index contributed by atoms with van der Waals surface area (Å²) in [5.74, 6) is -1.37. The average molecular weight is 398 g/mol. The molecule has 3 rings (SSSR count). The predicted molar refractivity (Wildman–Crippen MR) is 107 cm³/mol. The molecule has 28 heavy (non-hydrogen) atoms. The van der Waals surface area contributed by atoms with E-state index < -0.39 is 18.0 Å². The maximum Gasteiger partial charge on any atom is 0.351 e. The van der Waals surface area contributed by atoms with Crippen LogP contribution in [0.2, 0.25) is 0 Å². The second kappa shape index (κ2) is 8.31. The summed E-state index contributed by atoms with van der Waals surface area (Å²) < 4.78 is 18.4. The molecule has 0 bridgehead atoms. The molecule has 2 aromatic carbocycles. The largest absolute Gasteiger partial charge is 0.448 e. The topological polar surface area (TPSA) is 68.3 Å². The first-order valence-corrected chi connectivity index (χ1v) is 9.47. The van der Waals surface area contributed by atoms with Gasteiger partial charge >= 0.3 is 5.97 Å². The van der Waals surface area contributed by atoms with Crippen LogP contribution in [0.5, 0.6) is 0 Å². The fourth-order valence-corrected chi connectivity index (χ4v) is 3.47. The van der Waals surface area contributed by atoms with E-state index in [-0.39, 0.29) is 5.82 Å². The maximum atomic E-state index is 13.1. The van der Waals surface area contributed by atoms with Gasteiger partial charge in [0.05, 0.1) is 5.69 Å². The minimum atomic E-state index is -0.970. The number of carbonyl (C=O) groups is 2. The van der Waals surface area contributed by atoms with Gasteiger partial charge in [-0.1, -0.05) is 18.2 Å². The number of nitrogens with one attached hydrogen (secondary N) is 1. The summed E-state index contributed by atoms with van der Waals surface area (Å²) in [6, 6.07) is 13.2. The Morgan fingerprint density at radius 2 is 1.79 bits per heavy atom. The molecule has 1 N–H and O–H groups in total. The Morgan fingerprint density at radius 3 is 2.46 bits per heavy atom. The summed E-state index contributed by atoms with van der Waals surface area (Å²) in [6.45, 7) is 5.09. The van der Waals surface area contributed by atoms with Crippen molar-refractivity contribution in [3.8, 4) is 10.6 Å². The fraction of sp³-hybridized carbons (Fsp3) is 0.190. The molecule has 3 aromatic rings. The Balaban J connectivity index is 1.69. The fourth-order valence-electron chi connectivity index (χ4n) is 2.52. The summed E-state index contributed by atoms with van der Waals surface area (Å²) in [7, 11) is 0. The molecule has 7 heteroatoms. The van der Waals surface area contributed by atoms with Gasteiger partial charge in [0.25, 0.3) is 5.91 Å². The Morgan fingerprint density at radius 1 is 1.11 bits per heavy atom. The van der Waals surface area contributed by atoms with Crippen molar-refractivity contribution in [3.05, 3.63) is 70.5 Å². The molecule has 1 atom stereocenters. The molecule has 1 aromatic heterocycles. The Hall–Kier alpha value is -3.06. The summed E-state index contributed by atoms with van der Waals surface area (Å²) >= 11 is 1.15. The van der Waals surface area contributed by atoms with Crippen molar-refractivity contribution in [2.24, 2.45) is 0 Å². The van der Waals surface area contributed by atoms with Gasteiger partial charge in [-0.25, -0.2) is 14.2 Å². The van der Waals surface area contributed by atoms with Crippen molar-refractivity contribution in [2.75, 3.05) is 5.32 Å². The van der Waals surface area contributed by atoms with E-state index in [4.69, 9.17) is 4.74 Å². The number of aryl methyl sites for hydroxylation is 2. The average Bonchev–Trinajstić information content (AvgIpc) is 3.06. The SMILES string of the molecule is Cc1ccccc1NC(=O)C(C)OC(=O)c1sc(-c2ccc(F)cc2)nc1C. The van der Waals surface area contributed by atoms with Crippen molar-refractivity contribution in [1.29, 1.82) is 0 Å². The van der Waals surface area contributed by atoms with Crippen LogP contribution in [0.1, 0.15) is 27.9 Å². The third-order valence-corrected chi connectivity index (χ3v) is 5.32. The summed E-state index contributed by atoms with van der Waals surface area (Å²) in [4.78, 5) is 29.5. The van der Waals surface area contributed by atoms with Crippen LogP contribution in [0.4, 0.5) is 10.1 Å². The molecule has 1 amide bonds. The van der Waals surface area contributed by atoms with Crippen LogP contribution in [0.3, 0.4) is 0 Å². The normalized spacial score (nSPS) is 11.7. The third kappa shape index (κ3) is 4.43. The number of rotatable bonds is 5. The van der Waals surface area contributed by atoms with E-state index in [0.29, 0.717) is 26.8 Å². The van der Waals surface area contributed by atoms with Crippen molar-refractivity contribution in [3.63, 3.8) is 0 Å². The van der Waals surface area contributed by atoms with Gasteiger partial charge in [-0.3, -0.25) is 4.79 Å². The third-order valence-electron chi connectivity index (χ3n) is 4.13. The van der Waals surface area contributed by atoms with Gasteiger partial charge in [0.15, 0.2) is 6.10 Å². The first kappa shape index (κ1) is 19.7. The zero-order valence-corrected chi connectivity index (χ0v) is 16.5. The predicted octanol–water partition coefficient (Wildman–Crippen LogP) is 4.75. The molecule has 0 aliphatic heterocycles. The smallest absolute Gasteiger partial charge is 0.351 e. The number of para-hydroxylation sites is 1. The highest BCUT2D eigenvalue weighted by Crippen LogP contribution is 2.29. The molecular weight excluding hydrogens is 379 g/mol. The van der Waals surface area contributed by atoms with E-state index in [1.165, 1.54) is 19.1 Å². The zero-order chi connectivity index (χ0) is 20.3. The number of halogens is 1. The molecule has 0 saturated heterocycles. The molecule has 0 spiro atoms.